The topological polar surface area (TPSA) is 110 Å². The molecule has 1 aliphatic rings. The van der Waals surface area contributed by atoms with Crippen LogP contribution in [0.3, 0.4) is 0 Å². The van der Waals surface area contributed by atoms with Crippen LogP contribution in [0, 0.1) is 12.8 Å². The van der Waals surface area contributed by atoms with E-state index in [1.165, 1.54) is 0 Å². The molecule has 2 N–H and O–H groups in total. The van der Waals surface area contributed by atoms with Gasteiger partial charge in [0.2, 0.25) is 0 Å². The Morgan fingerprint density at radius 1 is 1.26 bits per heavy atom. The fourth-order valence-corrected chi connectivity index (χ4v) is 3.57. The van der Waals surface area contributed by atoms with Crippen LogP contribution in [-0.4, -0.2) is 43.0 Å². The van der Waals surface area contributed by atoms with Crippen LogP contribution in [0.15, 0.2) is 36.5 Å². The van der Waals surface area contributed by atoms with Crippen molar-refractivity contribution in [3.05, 3.63) is 47.9 Å². The van der Waals surface area contributed by atoms with Crippen LogP contribution in [0.25, 0.3) is 16.6 Å². The second-order valence-corrected chi connectivity index (χ2v) is 6.83. The first-order valence-corrected chi connectivity index (χ1v) is 8.84. The van der Waals surface area contributed by atoms with Gasteiger partial charge in [0, 0.05) is 17.6 Å². The number of rotatable bonds is 4. The molecule has 0 saturated heterocycles. The summed E-state index contributed by atoms with van der Waals surface area (Å²) in [7, 11) is 0. The van der Waals surface area contributed by atoms with Crippen LogP contribution in [0.5, 0.6) is 0 Å². The second kappa shape index (κ2) is 6.79. The molecule has 0 radical (unpaired) electrons. The predicted molar refractivity (Wildman–Crippen MR) is 97.6 cm³/mol. The summed E-state index contributed by atoms with van der Waals surface area (Å²) in [5.41, 5.74) is 2.56. The Kier molecular flexibility index (Phi) is 4.31. The summed E-state index contributed by atoms with van der Waals surface area (Å²) < 4.78 is 1.62. The smallest absolute Gasteiger partial charge is 0.306 e. The lowest BCUT2D eigenvalue weighted by atomic mass is 10.1. The lowest BCUT2D eigenvalue weighted by Crippen LogP contribution is -2.34. The fraction of sp³-hybridized carbons (Fsp3) is 0.316. The summed E-state index contributed by atoms with van der Waals surface area (Å²) >= 11 is 0. The molecule has 2 heterocycles. The van der Waals surface area contributed by atoms with E-state index in [9.17, 15) is 9.59 Å². The molecule has 0 aliphatic heterocycles. The first-order chi connectivity index (χ1) is 13.0. The van der Waals surface area contributed by atoms with Gasteiger partial charge in [-0.15, -0.1) is 5.10 Å². The minimum Gasteiger partial charge on any atom is -0.481 e. The van der Waals surface area contributed by atoms with Gasteiger partial charge in [-0.05, 0) is 50.5 Å². The molecule has 1 aliphatic carbocycles. The van der Waals surface area contributed by atoms with Crippen molar-refractivity contribution in [3.8, 4) is 5.69 Å². The van der Waals surface area contributed by atoms with Crippen LogP contribution < -0.4 is 5.32 Å². The summed E-state index contributed by atoms with van der Waals surface area (Å²) in [5.74, 6) is -1.52. The van der Waals surface area contributed by atoms with E-state index < -0.39 is 11.9 Å². The summed E-state index contributed by atoms with van der Waals surface area (Å²) in [4.78, 5) is 27.9. The highest BCUT2D eigenvalue weighted by atomic mass is 16.4. The third-order valence-electron chi connectivity index (χ3n) is 5.06. The van der Waals surface area contributed by atoms with Gasteiger partial charge in [-0.25, -0.2) is 4.68 Å². The molecule has 0 spiro atoms. The van der Waals surface area contributed by atoms with Crippen LogP contribution in [-0.2, 0) is 4.79 Å². The van der Waals surface area contributed by atoms with E-state index >= 15 is 0 Å². The van der Waals surface area contributed by atoms with Gasteiger partial charge in [0.1, 0.15) is 0 Å². The van der Waals surface area contributed by atoms with Crippen LogP contribution >= 0.6 is 0 Å². The Bertz CT molecular complexity index is 1030. The average Bonchev–Trinajstić information content (AvgIpc) is 3.28. The molecule has 8 heteroatoms. The molecule has 8 nitrogen and oxygen atoms in total. The number of hydrogen-bond acceptors (Lipinski definition) is 5. The first-order valence-electron chi connectivity index (χ1n) is 8.84. The maximum Gasteiger partial charge on any atom is 0.306 e. The number of pyridine rings is 1. The molecular formula is C19H19N5O3. The number of carboxylic acid groups (broad SMARTS) is 1. The Balaban J connectivity index is 1.54. The van der Waals surface area contributed by atoms with Gasteiger partial charge in [-0.1, -0.05) is 11.3 Å². The van der Waals surface area contributed by atoms with E-state index in [4.69, 9.17) is 5.11 Å². The third kappa shape index (κ3) is 3.25. The van der Waals surface area contributed by atoms with E-state index in [-0.39, 0.29) is 17.6 Å². The van der Waals surface area contributed by atoms with Crippen molar-refractivity contribution in [1.82, 2.24) is 25.3 Å². The number of carboxylic acids is 1. The summed E-state index contributed by atoms with van der Waals surface area (Å²) in [6.45, 7) is 1.79. The van der Waals surface area contributed by atoms with E-state index in [1.54, 1.807) is 17.8 Å². The van der Waals surface area contributed by atoms with Crippen molar-refractivity contribution in [2.75, 3.05) is 0 Å². The largest absolute Gasteiger partial charge is 0.481 e. The molecule has 3 aromatic rings. The fourth-order valence-electron chi connectivity index (χ4n) is 3.57. The third-order valence-corrected chi connectivity index (χ3v) is 5.06. The van der Waals surface area contributed by atoms with Crippen molar-refractivity contribution < 1.29 is 14.7 Å². The van der Waals surface area contributed by atoms with Gasteiger partial charge >= 0.3 is 5.97 Å². The number of carbonyl (C=O) groups is 2. The molecular weight excluding hydrogens is 346 g/mol. The normalized spacial score (nSPS) is 19.3. The number of fused-ring (bicyclic) bond motifs is 1. The van der Waals surface area contributed by atoms with Crippen molar-refractivity contribution in [1.29, 1.82) is 0 Å². The zero-order valence-corrected chi connectivity index (χ0v) is 14.8. The Labute approximate surface area is 155 Å². The highest BCUT2D eigenvalue weighted by molar-refractivity contribution is 5.93. The number of aliphatic carboxylic acids is 1. The molecule has 0 unspecified atom stereocenters. The van der Waals surface area contributed by atoms with E-state index in [2.05, 4.69) is 20.6 Å². The number of amides is 1. The number of hydrogen-bond donors (Lipinski definition) is 2. The quantitative estimate of drug-likeness (QED) is 0.733. The van der Waals surface area contributed by atoms with E-state index in [0.29, 0.717) is 25.0 Å². The summed E-state index contributed by atoms with van der Waals surface area (Å²) in [5, 5.41) is 21.1. The molecule has 1 aromatic carbocycles. The van der Waals surface area contributed by atoms with Crippen molar-refractivity contribution in [2.45, 2.75) is 32.2 Å². The molecule has 0 bridgehead atoms. The Morgan fingerprint density at radius 3 is 2.89 bits per heavy atom. The van der Waals surface area contributed by atoms with Gasteiger partial charge in [-0.2, -0.15) is 0 Å². The molecule has 1 amide bonds. The van der Waals surface area contributed by atoms with Gasteiger partial charge < -0.3 is 10.4 Å². The summed E-state index contributed by atoms with van der Waals surface area (Å²) in [6.07, 6.45) is 3.43. The number of nitrogens with zero attached hydrogens (tertiary/aromatic N) is 4. The second-order valence-electron chi connectivity index (χ2n) is 6.83. The summed E-state index contributed by atoms with van der Waals surface area (Å²) in [6, 6.07) is 9.41. The molecule has 1 fully saturated rings. The lowest BCUT2D eigenvalue weighted by Gasteiger charge is -2.11. The molecule has 138 valence electrons. The molecule has 27 heavy (non-hydrogen) atoms. The minimum absolute atomic E-state index is 0.144. The van der Waals surface area contributed by atoms with Crippen LogP contribution in [0.4, 0.5) is 0 Å². The van der Waals surface area contributed by atoms with E-state index in [1.807, 2.05) is 30.3 Å². The van der Waals surface area contributed by atoms with Crippen LogP contribution in [0.1, 0.15) is 35.4 Å². The zero-order valence-electron chi connectivity index (χ0n) is 14.8. The maximum atomic E-state index is 12.6. The Hall–Kier alpha value is -3.29. The standard InChI is InChI=1S/C19H19N5O3/c1-11-17(18(25)21-14-5-4-13(9-14)19(26)27)22-23-24(11)15-6-7-16-12(10-15)3-2-8-20-16/h2-3,6-8,10,13-14H,4-5,9H2,1H3,(H,21,25)(H,26,27)/t13-,14+/m0/s1. The maximum absolute atomic E-state index is 12.6. The molecule has 4 rings (SSSR count). The van der Waals surface area contributed by atoms with Crippen molar-refractivity contribution in [3.63, 3.8) is 0 Å². The van der Waals surface area contributed by atoms with E-state index in [0.717, 1.165) is 16.6 Å². The number of benzene rings is 1. The van der Waals surface area contributed by atoms with Gasteiger partial charge in [-0.3, -0.25) is 14.6 Å². The predicted octanol–water partition coefficient (Wildman–Crippen LogP) is 2.11. The highest BCUT2D eigenvalue weighted by Crippen LogP contribution is 2.26. The van der Waals surface area contributed by atoms with Crippen molar-refractivity contribution in [2.24, 2.45) is 5.92 Å². The van der Waals surface area contributed by atoms with Gasteiger partial charge in [0.15, 0.2) is 5.69 Å². The Morgan fingerprint density at radius 2 is 2.11 bits per heavy atom. The van der Waals surface area contributed by atoms with Gasteiger partial charge in [0.25, 0.3) is 5.91 Å². The molecule has 2 aromatic heterocycles. The highest BCUT2D eigenvalue weighted by Gasteiger charge is 2.31. The van der Waals surface area contributed by atoms with Gasteiger partial charge in [0.05, 0.1) is 22.8 Å². The SMILES string of the molecule is Cc1c(C(=O)N[C@@H]2CC[C@H](C(=O)O)C2)nnn1-c1ccc2ncccc2c1. The number of carbonyl (C=O) groups excluding carboxylic acids is 1. The van der Waals surface area contributed by atoms with Crippen LogP contribution in [0.2, 0.25) is 0 Å². The number of nitrogens with one attached hydrogen (secondary N) is 1. The van der Waals surface area contributed by atoms with Crippen molar-refractivity contribution >= 4 is 22.8 Å². The zero-order chi connectivity index (χ0) is 19.0. The molecule has 2 atom stereocenters. The average molecular weight is 365 g/mol. The number of aromatic nitrogens is 4. The first kappa shape index (κ1) is 17.1. The minimum atomic E-state index is -0.806. The lowest BCUT2D eigenvalue weighted by molar-refractivity contribution is -0.141. The monoisotopic (exact) mass is 365 g/mol. The molecule has 1 saturated carbocycles.